The number of aromatic amines is 1. The van der Waals surface area contributed by atoms with Gasteiger partial charge < -0.3 is 9.72 Å². The fraction of sp³-hybridized carbons (Fsp3) is 0.545. The molecule has 0 amide bonds. The molecule has 0 aliphatic heterocycles. The quantitative estimate of drug-likeness (QED) is 0.815. The van der Waals surface area contributed by atoms with Crippen molar-refractivity contribution in [2.75, 3.05) is 20.3 Å². The van der Waals surface area contributed by atoms with Gasteiger partial charge in [0.15, 0.2) is 0 Å². The molecule has 0 aliphatic rings. The summed E-state index contributed by atoms with van der Waals surface area (Å²) >= 11 is 0. The second kappa shape index (κ2) is 6.12. The molecule has 1 heterocycles. The van der Waals surface area contributed by atoms with Crippen LogP contribution in [-0.2, 0) is 14.8 Å². The van der Waals surface area contributed by atoms with Crippen molar-refractivity contribution in [3.8, 4) is 0 Å². The van der Waals surface area contributed by atoms with E-state index >= 15 is 0 Å². The fourth-order valence-electron chi connectivity index (χ4n) is 1.57. The normalized spacial score (nSPS) is 12.3. The molecule has 7 heteroatoms. The molecule has 1 rings (SSSR count). The van der Waals surface area contributed by atoms with Gasteiger partial charge in [-0.05, 0) is 13.8 Å². The molecule has 102 valence electrons. The summed E-state index contributed by atoms with van der Waals surface area (Å²) in [6, 6.07) is 0.951. The van der Waals surface area contributed by atoms with Crippen LogP contribution in [0.2, 0.25) is 0 Å². The van der Waals surface area contributed by atoms with Crippen molar-refractivity contribution in [2.45, 2.75) is 24.8 Å². The highest BCUT2D eigenvalue weighted by atomic mass is 32.2. The van der Waals surface area contributed by atoms with Gasteiger partial charge in [0.05, 0.1) is 6.61 Å². The highest BCUT2D eigenvalue weighted by Crippen LogP contribution is 2.13. The van der Waals surface area contributed by atoms with Crippen molar-refractivity contribution in [3.63, 3.8) is 0 Å². The predicted molar refractivity (Wildman–Crippen MR) is 68.0 cm³/mol. The lowest BCUT2D eigenvalue weighted by molar-refractivity contribution is 0.171. The molecule has 0 spiro atoms. The Kier molecular flexibility index (Phi) is 5.06. The minimum atomic E-state index is -3.79. The number of methoxy groups -OCH3 is 1. The molecule has 18 heavy (non-hydrogen) atoms. The molecule has 0 aromatic carbocycles. The van der Waals surface area contributed by atoms with Crippen LogP contribution in [0.4, 0.5) is 0 Å². The lowest BCUT2D eigenvalue weighted by atomic mass is 10.4. The van der Waals surface area contributed by atoms with E-state index < -0.39 is 15.5 Å². The Labute approximate surface area is 107 Å². The van der Waals surface area contributed by atoms with Crippen LogP contribution in [0.15, 0.2) is 28.2 Å². The minimum absolute atomic E-state index is 0.213. The van der Waals surface area contributed by atoms with E-state index in [4.69, 9.17) is 4.74 Å². The zero-order valence-corrected chi connectivity index (χ0v) is 11.5. The van der Waals surface area contributed by atoms with Crippen LogP contribution in [0, 0.1) is 0 Å². The van der Waals surface area contributed by atoms with Crippen molar-refractivity contribution in [3.05, 3.63) is 28.7 Å². The zero-order valence-electron chi connectivity index (χ0n) is 10.7. The number of pyridine rings is 1. The zero-order chi connectivity index (χ0) is 13.8. The summed E-state index contributed by atoms with van der Waals surface area (Å²) in [5, 5.41) is 0. The first-order chi connectivity index (χ1) is 8.41. The molecule has 0 bridgehead atoms. The van der Waals surface area contributed by atoms with Crippen LogP contribution in [-0.4, -0.2) is 44.0 Å². The summed E-state index contributed by atoms with van der Waals surface area (Å²) in [7, 11) is -2.29. The molecular formula is C11H18N2O4S. The van der Waals surface area contributed by atoms with Crippen LogP contribution in [0.25, 0.3) is 0 Å². The Bertz CT molecular complexity index is 536. The predicted octanol–water partition coefficient (Wildman–Crippen LogP) is 0.420. The van der Waals surface area contributed by atoms with E-state index in [0.717, 1.165) is 0 Å². The number of ether oxygens (including phenoxy) is 1. The van der Waals surface area contributed by atoms with E-state index in [1.54, 1.807) is 13.8 Å². The molecule has 0 radical (unpaired) electrons. The number of hydrogen-bond donors (Lipinski definition) is 1. The van der Waals surface area contributed by atoms with E-state index in [2.05, 4.69) is 4.98 Å². The molecule has 0 atom stereocenters. The Morgan fingerprint density at radius 2 is 2.11 bits per heavy atom. The van der Waals surface area contributed by atoms with Gasteiger partial charge in [-0.1, -0.05) is 0 Å². The van der Waals surface area contributed by atoms with Crippen LogP contribution < -0.4 is 5.43 Å². The highest BCUT2D eigenvalue weighted by molar-refractivity contribution is 7.89. The van der Waals surface area contributed by atoms with Gasteiger partial charge in [-0.2, -0.15) is 4.31 Å². The Hall–Kier alpha value is -1.18. The number of sulfonamides is 1. The first-order valence-electron chi connectivity index (χ1n) is 5.59. The number of rotatable bonds is 6. The maximum atomic E-state index is 12.4. The van der Waals surface area contributed by atoms with Crippen molar-refractivity contribution >= 4 is 10.0 Å². The second-order valence-corrected chi connectivity index (χ2v) is 5.93. The molecule has 0 unspecified atom stereocenters. The third-order valence-electron chi connectivity index (χ3n) is 2.47. The number of hydrogen-bond acceptors (Lipinski definition) is 4. The number of H-pyrrole nitrogens is 1. The van der Waals surface area contributed by atoms with E-state index in [9.17, 15) is 13.2 Å². The molecule has 1 N–H and O–H groups in total. The topological polar surface area (TPSA) is 79.5 Å². The third kappa shape index (κ3) is 3.18. The van der Waals surface area contributed by atoms with E-state index in [1.807, 2.05) is 0 Å². The summed E-state index contributed by atoms with van der Waals surface area (Å²) in [4.78, 5) is 14.0. The van der Waals surface area contributed by atoms with Crippen LogP contribution in [0.1, 0.15) is 13.8 Å². The molecule has 0 saturated heterocycles. The first kappa shape index (κ1) is 14.9. The van der Waals surface area contributed by atoms with Gasteiger partial charge in [0, 0.05) is 38.2 Å². The lowest BCUT2D eigenvalue weighted by Crippen LogP contribution is -2.40. The van der Waals surface area contributed by atoms with Gasteiger partial charge in [-0.15, -0.1) is 0 Å². The number of nitrogens with one attached hydrogen (secondary N) is 1. The van der Waals surface area contributed by atoms with Gasteiger partial charge in [-0.3, -0.25) is 4.79 Å². The Balaban J connectivity index is 3.18. The molecule has 1 aromatic heterocycles. The van der Waals surface area contributed by atoms with Crippen molar-refractivity contribution < 1.29 is 13.2 Å². The summed E-state index contributed by atoms with van der Waals surface area (Å²) in [6.45, 7) is 4.00. The van der Waals surface area contributed by atoms with Crippen molar-refractivity contribution in [1.29, 1.82) is 0 Å². The molecule has 6 nitrogen and oxygen atoms in total. The largest absolute Gasteiger partial charge is 0.383 e. The first-order valence-corrected chi connectivity index (χ1v) is 7.03. The molecular weight excluding hydrogens is 256 g/mol. The Morgan fingerprint density at radius 1 is 1.44 bits per heavy atom. The fourth-order valence-corrected chi connectivity index (χ4v) is 3.23. The Morgan fingerprint density at radius 3 is 2.61 bits per heavy atom. The summed E-state index contributed by atoms with van der Waals surface area (Å²) in [5.41, 5.74) is -0.517. The van der Waals surface area contributed by atoms with Crippen LogP contribution in [0.3, 0.4) is 0 Å². The third-order valence-corrected chi connectivity index (χ3v) is 4.56. The lowest BCUT2D eigenvalue weighted by Gasteiger charge is -2.25. The molecule has 0 aliphatic carbocycles. The van der Waals surface area contributed by atoms with Gasteiger partial charge in [0.2, 0.25) is 15.5 Å². The van der Waals surface area contributed by atoms with E-state index in [0.29, 0.717) is 0 Å². The smallest absolute Gasteiger partial charge is 0.248 e. The maximum Gasteiger partial charge on any atom is 0.248 e. The van der Waals surface area contributed by atoms with Crippen LogP contribution >= 0.6 is 0 Å². The van der Waals surface area contributed by atoms with Gasteiger partial charge in [-0.25, -0.2) is 8.42 Å². The maximum absolute atomic E-state index is 12.4. The number of aromatic nitrogens is 1. The monoisotopic (exact) mass is 274 g/mol. The highest BCUT2D eigenvalue weighted by Gasteiger charge is 2.28. The minimum Gasteiger partial charge on any atom is -0.383 e. The summed E-state index contributed by atoms with van der Waals surface area (Å²) < 4.78 is 30.8. The molecule has 0 fully saturated rings. The number of nitrogens with zero attached hydrogens (tertiary/aromatic N) is 1. The standard InChI is InChI=1S/C11H18N2O4S/c1-9(2)13(6-7-17-3)18(15,16)11-8-12-5-4-10(11)14/h4-5,8-9H,6-7H2,1-3H3,(H,12,14). The average Bonchev–Trinajstić information content (AvgIpc) is 2.29. The van der Waals surface area contributed by atoms with Gasteiger partial charge in [0.25, 0.3) is 0 Å². The molecule has 0 saturated carbocycles. The SMILES string of the molecule is COCCN(C(C)C)S(=O)(=O)c1c[nH]ccc1=O. The van der Waals surface area contributed by atoms with Crippen molar-refractivity contribution in [2.24, 2.45) is 0 Å². The van der Waals surface area contributed by atoms with Gasteiger partial charge in [0.1, 0.15) is 4.90 Å². The van der Waals surface area contributed by atoms with E-state index in [1.165, 1.54) is 29.9 Å². The van der Waals surface area contributed by atoms with Gasteiger partial charge >= 0.3 is 0 Å². The van der Waals surface area contributed by atoms with Crippen LogP contribution in [0.5, 0.6) is 0 Å². The average molecular weight is 274 g/mol. The molecule has 1 aromatic rings. The van der Waals surface area contributed by atoms with E-state index in [-0.39, 0.29) is 24.1 Å². The summed E-state index contributed by atoms with van der Waals surface area (Å²) in [5.74, 6) is 0. The van der Waals surface area contributed by atoms with Crippen molar-refractivity contribution in [1.82, 2.24) is 9.29 Å². The summed E-state index contributed by atoms with van der Waals surface area (Å²) in [6.07, 6.45) is 2.61. The second-order valence-electron chi connectivity index (χ2n) is 4.08.